The molecule has 2 aromatic rings. The molecule has 0 radical (unpaired) electrons. The Morgan fingerprint density at radius 1 is 1.28 bits per heavy atom. The van der Waals surface area contributed by atoms with E-state index in [1.807, 2.05) is 55.3 Å². The number of ether oxygens (including phenoxy) is 1. The molecular weight excluding hydrogens is 332 g/mol. The molecule has 0 spiro atoms. The molecule has 0 aliphatic rings. The SMILES string of the molecule is Cc1cccc(OCc2nc(CN(C(=O)CC(C)C)C(C)C)cs2)c1. The molecule has 1 aromatic carbocycles. The second kappa shape index (κ2) is 8.99. The summed E-state index contributed by atoms with van der Waals surface area (Å²) in [5.41, 5.74) is 2.10. The van der Waals surface area contributed by atoms with Gasteiger partial charge >= 0.3 is 0 Å². The van der Waals surface area contributed by atoms with Crippen molar-refractivity contribution in [3.05, 3.63) is 45.9 Å². The van der Waals surface area contributed by atoms with E-state index in [1.54, 1.807) is 11.3 Å². The van der Waals surface area contributed by atoms with Crippen LogP contribution in [0.2, 0.25) is 0 Å². The van der Waals surface area contributed by atoms with E-state index in [9.17, 15) is 4.79 Å². The van der Waals surface area contributed by atoms with Crippen LogP contribution >= 0.6 is 11.3 Å². The lowest BCUT2D eigenvalue weighted by atomic mass is 10.1. The summed E-state index contributed by atoms with van der Waals surface area (Å²) in [4.78, 5) is 19.0. The Morgan fingerprint density at radius 3 is 2.68 bits per heavy atom. The van der Waals surface area contributed by atoms with Crippen molar-refractivity contribution in [2.24, 2.45) is 5.92 Å². The van der Waals surface area contributed by atoms with E-state index in [4.69, 9.17) is 4.74 Å². The van der Waals surface area contributed by atoms with Gasteiger partial charge in [-0.2, -0.15) is 0 Å². The minimum absolute atomic E-state index is 0.167. The minimum atomic E-state index is 0.167. The highest BCUT2D eigenvalue weighted by molar-refractivity contribution is 7.09. The molecule has 0 atom stereocenters. The molecule has 25 heavy (non-hydrogen) atoms. The van der Waals surface area contributed by atoms with Gasteiger partial charge in [0.15, 0.2) is 0 Å². The van der Waals surface area contributed by atoms with E-state index in [-0.39, 0.29) is 11.9 Å². The molecule has 0 unspecified atom stereocenters. The molecule has 1 amide bonds. The first kappa shape index (κ1) is 19.4. The van der Waals surface area contributed by atoms with E-state index in [0.29, 0.717) is 25.5 Å². The van der Waals surface area contributed by atoms with Gasteiger partial charge in [-0.25, -0.2) is 4.98 Å². The van der Waals surface area contributed by atoms with Crippen LogP contribution < -0.4 is 4.74 Å². The maximum atomic E-state index is 12.4. The van der Waals surface area contributed by atoms with Gasteiger partial charge in [-0.15, -0.1) is 11.3 Å². The Labute approximate surface area is 154 Å². The van der Waals surface area contributed by atoms with Gasteiger partial charge in [0.1, 0.15) is 17.4 Å². The van der Waals surface area contributed by atoms with Gasteiger partial charge in [0, 0.05) is 17.8 Å². The van der Waals surface area contributed by atoms with Crippen LogP contribution in [0.5, 0.6) is 5.75 Å². The number of hydrogen-bond donors (Lipinski definition) is 0. The number of nitrogens with zero attached hydrogens (tertiary/aromatic N) is 2. The Hall–Kier alpha value is -1.88. The number of carbonyl (C=O) groups is 1. The molecule has 2 rings (SSSR count). The third-order valence-corrected chi connectivity index (χ3v) is 4.68. The van der Waals surface area contributed by atoms with Gasteiger partial charge in [-0.05, 0) is 44.4 Å². The third-order valence-electron chi connectivity index (χ3n) is 3.81. The van der Waals surface area contributed by atoms with Crippen LogP contribution in [0.4, 0.5) is 0 Å². The van der Waals surface area contributed by atoms with Crippen molar-refractivity contribution < 1.29 is 9.53 Å². The molecule has 0 N–H and O–H groups in total. The molecule has 1 heterocycles. The second-order valence-electron chi connectivity index (χ2n) is 7.05. The summed E-state index contributed by atoms with van der Waals surface area (Å²) in [6, 6.07) is 8.16. The fourth-order valence-electron chi connectivity index (χ4n) is 2.54. The van der Waals surface area contributed by atoms with Crippen LogP contribution in [0.25, 0.3) is 0 Å². The molecule has 0 aliphatic carbocycles. The zero-order valence-corrected chi connectivity index (χ0v) is 16.6. The monoisotopic (exact) mass is 360 g/mol. The average Bonchev–Trinajstić information content (AvgIpc) is 2.97. The quantitative estimate of drug-likeness (QED) is 0.678. The number of carbonyl (C=O) groups excluding carboxylic acids is 1. The molecule has 0 saturated carbocycles. The molecule has 1 aromatic heterocycles. The predicted octanol–water partition coefficient (Wildman–Crippen LogP) is 4.81. The highest BCUT2D eigenvalue weighted by atomic mass is 32.1. The van der Waals surface area contributed by atoms with Crippen LogP contribution in [0.15, 0.2) is 29.6 Å². The first-order valence-corrected chi connectivity index (χ1v) is 9.65. The molecule has 0 aliphatic heterocycles. The van der Waals surface area contributed by atoms with Crippen molar-refractivity contribution in [2.75, 3.05) is 0 Å². The zero-order valence-electron chi connectivity index (χ0n) is 15.8. The number of amides is 1. The maximum absolute atomic E-state index is 12.4. The van der Waals surface area contributed by atoms with Gasteiger partial charge in [0.2, 0.25) is 5.91 Å². The topological polar surface area (TPSA) is 42.4 Å². The Bertz CT molecular complexity index is 695. The van der Waals surface area contributed by atoms with Crippen molar-refractivity contribution in [1.82, 2.24) is 9.88 Å². The average molecular weight is 361 g/mol. The van der Waals surface area contributed by atoms with Gasteiger partial charge in [0.05, 0.1) is 12.2 Å². The number of benzene rings is 1. The normalized spacial score (nSPS) is 11.2. The number of hydrogen-bond acceptors (Lipinski definition) is 4. The van der Waals surface area contributed by atoms with Crippen LogP contribution in [0.1, 0.15) is 50.4 Å². The molecule has 136 valence electrons. The van der Waals surface area contributed by atoms with Crippen LogP contribution in [-0.2, 0) is 17.9 Å². The molecule has 0 saturated heterocycles. The number of aromatic nitrogens is 1. The van der Waals surface area contributed by atoms with Gasteiger partial charge in [-0.1, -0.05) is 26.0 Å². The third kappa shape index (κ3) is 6.16. The van der Waals surface area contributed by atoms with Gasteiger partial charge in [-0.3, -0.25) is 4.79 Å². The summed E-state index contributed by atoms with van der Waals surface area (Å²) in [6.45, 7) is 11.3. The van der Waals surface area contributed by atoms with Crippen LogP contribution in [0, 0.1) is 12.8 Å². The first-order chi connectivity index (χ1) is 11.8. The predicted molar refractivity (Wildman–Crippen MR) is 103 cm³/mol. The van der Waals surface area contributed by atoms with Crippen LogP contribution in [0.3, 0.4) is 0 Å². The molecule has 4 nitrogen and oxygen atoms in total. The van der Waals surface area contributed by atoms with Crippen molar-refractivity contribution in [2.45, 2.75) is 60.2 Å². The smallest absolute Gasteiger partial charge is 0.223 e. The highest BCUT2D eigenvalue weighted by Gasteiger charge is 2.19. The molecule has 0 fully saturated rings. The number of aryl methyl sites for hydroxylation is 1. The standard InChI is InChI=1S/C20H28N2O2S/c1-14(2)9-20(23)22(15(3)4)11-17-13-25-19(21-17)12-24-18-8-6-7-16(5)10-18/h6-8,10,13-15H,9,11-12H2,1-5H3. The van der Waals surface area contributed by atoms with E-state index in [2.05, 4.69) is 18.8 Å². The summed E-state index contributed by atoms with van der Waals surface area (Å²) in [5, 5.41) is 2.95. The lowest BCUT2D eigenvalue weighted by Crippen LogP contribution is -2.37. The Morgan fingerprint density at radius 2 is 2.04 bits per heavy atom. The molecule has 5 heteroatoms. The van der Waals surface area contributed by atoms with E-state index >= 15 is 0 Å². The fraction of sp³-hybridized carbons (Fsp3) is 0.500. The largest absolute Gasteiger partial charge is 0.486 e. The van der Waals surface area contributed by atoms with Gasteiger partial charge in [0.25, 0.3) is 0 Å². The lowest BCUT2D eigenvalue weighted by molar-refractivity contribution is -0.134. The van der Waals surface area contributed by atoms with E-state index < -0.39 is 0 Å². The van der Waals surface area contributed by atoms with E-state index in [1.165, 1.54) is 5.56 Å². The summed E-state index contributed by atoms with van der Waals surface area (Å²) in [7, 11) is 0. The Balaban J connectivity index is 1.96. The minimum Gasteiger partial charge on any atom is -0.486 e. The van der Waals surface area contributed by atoms with Gasteiger partial charge < -0.3 is 9.64 Å². The highest BCUT2D eigenvalue weighted by Crippen LogP contribution is 2.18. The first-order valence-electron chi connectivity index (χ1n) is 8.77. The lowest BCUT2D eigenvalue weighted by Gasteiger charge is -2.26. The summed E-state index contributed by atoms with van der Waals surface area (Å²) < 4.78 is 5.81. The summed E-state index contributed by atoms with van der Waals surface area (Å²) in [6.07, 6.45) is 0.575. The van der Waals surface area contributed by atoms with Crippen molar-refractivity contribution in [1.29, 1.82) is 0 Å². The van der Waals surface area contributed by atoms with E-state index in [0.717, 1.165) is 16.5 Å². The molecule has 0 bridgehead atoms. The zero-order chi connectivity index (χ0) is 18.4. The second-order valence-corrected chi connectivity index (χ2v) is 7.99. The Kier molecular flexibility index (Phi) is 7.00. The van der Waals surface area contributed by atoms with Crippen molar-refractivity contribution in [3.8, 4) is 5.75 Å². The number of rotatable bonds is 8. The maximum Gasteiger partial charge on any atom is 0.223 e. The fourth-order valence-corrected chi connectivity index (χ4v) is 3.23. The summed E-state index contributed by atoms with van der Waals surface area (Å²) in [5.74, 6) is 1.41. The van der Waals surface area contributed by atoms with Crippen molar-refractivity contribution >= 4 is 17.2 Å². The van der Waals surface area contributed by atoms with Crippen molar-refractivity contribution in [3.63, 3.8) is 0 Å². The molecular formula is C20H28N2O2S. The number of thiazole rings is 1. The summed E-state index contributed by atoms with van der Waals surface area (Å²) >= 11 is 1.58. The van der Waals surface area contributed by atoms with Crippen LogP contribution in [-0.4, -0.2) is 21.8 Å².